The maximum Gasteiger partial charge on any atom is 0.253 e. The highest BCUT2D eigenvalue weighted by Crippen LogP contribution is 2.33. The van der Waals surface area contributed by atoms with Crippen LogP contribution in [0.25, 0.3) is 11.4 Å². The highest BCUT2D eigenvalue weighted by atomic mass is 19.1. The van der Waals surface area contributed by atoms with E-state index in [2.05, 4.69) is 15.3 Å². The smallest absolute Gasteiger partial charge is 0.253 e. The van der Waals surface area contributed by atoms with Gasteiger partial charge in [-0.1, -0.05) is 6.07 Å². The molecule has 1 fully saturated rings. The number of hydrogen-bond donors (Lipinski definition) is 2. The Morgan fingerprint density at radius 3 is 2.54 bits per heavy atom. The maximum atomic E-state index is 14.7. The van der Waals surface area contributed by atoms with Crippen molar-refractivity contribution in [2.75, 3.05) is 18.4 Å². The molecule has 0 bridgehead atoms. The lowest BCUT2D eigenvalue weighted by Gasteiger charge is -2.20. The standard InChI is InChI=1S/C29H27F2N7O/c1-29(32)11-13-38(16-29)27(39)17-6-8-19(9-7-17)35-28-34-15-18-14-33-25(23-21(30)4-3-5-22(23)31)20-10-12-37(2)26(20)24(18)36-28/h3-10,12,15H,11,13-14,16,32H2,1-2H3,(H,34,35,36). The van der Waals surface area contributed by atoms with Crippen molar-refractivity contribution in [3.63, 3.8) is 0 Å². The van der Waals surface area contributed by atoms with Crippen molar-refractivity contribution in [2.24, 2.45) is 17.8 Å². The minimum absolute atomic E-state index is 0.0460. The predicted molar refractivity (Wildman–Crippen MR) is 145 cm³/mol. The van der Waals surface area contributed by atoms with Gasteiger partial charge in [0.05, 0.1) is 29.2 Å². The van der Waals surface area contributed by atoms with Gasteiger partial charge >= 0.3 is 0 Å². The zero-order valence-corrected chi connectivity index (χ0v) is 21.6. The first-order chi connectivity index (χ1) is 18.7. The Morgan fingerprint density at radius 2 is 1.85 bits per heavy atom. The number of rotatable bonds is 4. The fourth-order valence-electron chi connectivity index (χ4n) is 5.16. The molecule has 2 aliphatic rings. The van der Waals surface area contributed by atoms with E-state index in [4.69, 9.17) is 10.7 Å². The monoisotopic (exact) mass is 527 g/mol. The van der Waals surface area contributed by atoms with E-state index in [0.717, 1.165) is 12.0 Å². The average Bonchev–Trinajstić information content (AvgIpc) is 3.42. The molecule has 1 saturated heterocycles. The zero-order chi connectivity index (χ0) is 27.3. The molecule has 4 aromatic rings. The van der Waals surface area contributed by atoms with E-state index in [0.29, 0.717) is 47.2 Å². The lowest BCUT2D eigenvalue weighted by Crippen LogP contribution is -2.40. The number of aromatic nitrogens is 3. The summed E-state index contributed by atoms with van der Waals surface area (Å²) in [6.45, 7) is 3.30. The van der Waals surface area contributed by atoms with Crippen molar-refractivity contribution in [1.29, 1.82) is 0 Å². The van der Waals surface area contributed by atoms with Gasteiger partial charge in [0.15, 0.2) is 0 Å². The summed E-state index contributed by atoms with van der Waals surface area (Å²) in [5.41, 5.74) is 9.82. The summed E-state index contributed by atoms with van der Waals surface area (Å²) >= 11 is 0. The van der Waals surface area contributed by atoms with Crippen LogP contribution in [0.5, 0.6) is 0 Å². The predicted octanol–water partition coefficient (Wildman–Crippen LogP) is 4.42. The maximum absolute atomic E-state index is 14.7. The third-order valence-electron chi connectivity index (χ3n) is 7.20. The number of carbonyl (C=O) groups is 1. The van der Waals surface area contributed by atoms with Crippen LogP contribution in [0.1, 0.15) is 40.4 Å². The number of aryl methyl sites for hydroxylation is 1. The minimum Gasteiger partial charge on any atom is -0.349 e. The molecule has 0 saturated carbocycles. The first-order valence-electron chi connectivity index (χ1n) is 12.7. The molecule has 1 amide bonds. The molecule has 2 aromatic carbocycles. The van der Waals surface area contributed by atoms with Crippen LogP contribution in [0.3, 0.4) is 0 Å². The van der Waals surface area contributed by atoms with Crippen molar-refractivity contribution < 1.29 is 13.6 Å². The second-order valence-electron chi connectivity index (χ2n) is 10.4. The van der Waals surface area contributed by atoms with Gasteiger partial charge in [0, 0.05) is 60.4 Å². The van der Waals surface area contributed by atoms with Crippen LogP contribution in [-0.2, 0) is 13.6 Å². The highest BCUT2D eigenvalue weighted by Gasteiger charge is 2.33. The fourth-order valence-corrected chi connectivity index (χ4v) is 5.16. The van der Waals surface area contributed by atoms with E-state index in [1.54, 1.807) is 41.4 Å². The van der Waals surface area contributed by atoms with Crippen LogP contribution in [0.2, 0.25) is 0 Å². The Bertz CT molecular complexity index is 1610. The fraction of sp³-hybridized carbons (Fsp3) is 0.241. The Morgan fingerprint density at radius 1 is 1.10 bits per heavy atom. The van der Waals surface area contributed by atoms with Gasteiger partial charge < -0.3 is 20.5 Å². The number of likely N-dealkylation sites (tertiary alicyclic amines) is 1. The third kappa shape index (κ3) is 4.57. The van der Waals surface area contributed by atoms with Crippen LogP contribution in [0, 0.1) is 11.6 Å². The van der Waals surface area contributed by atoms with Gasteiger partial charge in [0.2, 0.25) is 5.95 Å². The number of amides is 1. The Labute approximate surface area is 224 Å². The van der Waals surface area contributed by atoms with Crippen LogP contribution in [0.15, 0.2) is 65.9 Å². The van der Waals surface area contributed by atoms with Gasteiger partial charge in [-0.25, -0.2) is 18.7 Å². The Kier molecular flexibility index (Phi) is 5.99. The first-order valence-corrected chi connectivity index (χ1v) is 12.7. The summed E-state index contributed by atoms with van der Waals surface area (Å²) < 4.78 is 31.3. The summed E-state index contributed by atoms with van der Waals surface area (Å²) in [5.74, 6) is -1.05. The first kappa shape index (κ1) is 24.9. The van der Waals surface area contributed by atoms with Crippen LogP contribution in [-0.4, -0.2) is 49.7 Å². The van der Waals surface area contributed by atoms with Gasteiger partial charge in [-0.3, -0.25) is 9.79 Å². The number of carbonyl (C=O) groups excluding carboxylic acids is 1. The van der Waals surface area contributed by atoms with Crippen molar-refractivity contribution in [3.05, 3.63) is 94.8 Å². The number of fused-ring (bicyclic) bond motifs is 3. The molecule has 8 nitrogen and oxygen atoms in total. The van der Waals surface area contributed by atoms with Gasteiger partial charge in [0.1, 0.15) is 11.6 Å². The number of nitrogens with zero attached hydrogens (tertiary/aromatic N) is 5. The minimum atomic E-state index is -0.674. The normalized spacial score (nSPS) is 18.3. The SMILES string of the molecule is Cn1ccc2c1-c1nc(Nc3ccc(C(=O)N4CCC(C)(N)C4)cc3)ncc1CN=C2c1c(F)cccc1F. The molecule has 1 atom stereocenters. The summed E-state index contributed by atoms with van der Waals surface area (Å²) in [5, 5.41) is 3.19. The molecular formula is C29H27F2N7O. The number of aliphatic imine (C=N–C) groups is 1. The summed E-state index contributed by atoms with van der Waals surface area (Å²) in [6.07, 6.45) is 4.26. The topological polar surface area (TPSA) is 101 Å². The van der Waals surface area contributed by atoms with Gasteiger partial charge in [0.25, 0.3) is 5.91 Å². The van der Waals surface area contributed by atoms with Crippen molar-refractivity contribution in [2.45, 2.75) is 25.4 Å². The lowest BCUT2D eigenvalue weighted by molar-refractivity contribution is 0.0785. The second-order valence-corrected chi connectivity index (χ2v) is 10.4. The molecule has 0 radical (unpaired) electrons. The van der Waals surface area contributed by atoms with Crippen LogP contribution >= 0.6 is 0 Å². The molecule has 6 rings (SSSR count). The van der Waals surface area contributed by atoms with Crippen LogP contribution in [0.4, 0.5) is 20.4 Å². The quantitative estimate of drug-likeness (QED) is 0.409. The molecule has 4 heterocycles. The number of nitrogens with two attached hydrogens (primary N) is 1. The molecule has 39 heavy (non-hydrogen) atoms. The molecular weight excluding hydrogens is 500 g/mol. The number of anilines is 2. The van der Waals surface area contributed by atoms with E-state index >= 15 is 0 Å². The lowest BCUT2D eigenvalue weighted by atomic mass is 10.00. The zero-order valence-electron chi connectivity index (χ0n) is 21.6. The molecule has 2 aliphatic heterocycles. The van der Waals surface area contributed by atoms with E-state index in [9.17, 15) is 13.6 Å². The van der Waals surface area contributed by atoms with E-state index < -0.39 is 11.6 Å². The van der Waals surface area contributed by atoms with E-state index in [1.807, 2.05) is 24.7 Å². The van der Waals surface area contributed by atoms with Crippen LogP contribution < -0.4 is 11.1 Å². The van der Waals surface area contributed by atoms with Gasteiger partial charge in [-0.2, -0.15) is 0 Å². The van der Waals surface area contributed by atoms with E-state index in [-0.39, 0.29) is 29.3 Å². The average molecular weight is 528 g/mol. The van der Waals surface area contributed by atoms with Crippen molar-refractivity contribution in [1.82, 2.24) is 19.4 Å². The molecule has 0 aliphatic carbocycles. The Hall–Kier alpha value is -4.44. The number of nitrogens with one attached hydrogen (secondary N) is 1. The molecule has 198 valence electrons. The second kappa shape index (κ2) is 9.39. The molecule has 10 heteroatoms. The summed E-state index contributed by atoms with van der Waals surface area (Å²) in [4.78, 5) is 28.4. The molecule has 2 aromatic heterocycles. The summed E-state index contributed by atoms with van der Waals surface area (Å²) in [7, 11) is 1.85. The largest absolute Gasteiger partial charge is 0.349 e. The summed E-state index contributed by atoms with van der Waals surface area (Å²) in [6, 6.07) is 12.7. The Balaban J connectivity index is 1.28. The molecule has 0 spiro atoms. The third-order valence-corrected chi connectivity index (χ3v) is 7.20. The number of hydrogen-bond acceptors (Lipinski definition) is 6. The number of benzene rings is 2. The highest BCUT2D eigenvalue weighted by molar-refractivity contribution is 6.16. The molecule has 1 unspecified atom stereocenters. The van der Waals surface area contributed by atoms with Gasteiger partial charge in [-0.15, -0.1) is 0 Å². The molecule has 3 N–H and O–H groups in total. The van der Waals surface area contributed by atoms with E-state index in [1.165, 1.54) is 18.2 Å². The van der Waals surface area contributed by atoms with Gasteiger partial charge in [-0.05, 0) is 55.8 Å². The number of halogens is 2. The van der Waals surface area contributed by atoms with Crippen molar-refractivity contribution >= 4 is 23.3 Å². The van der Waals surface area contributed by atoms with Crippen molar-refractivity contribution in [3.8, 4) is 11.4 Å².